The predicted octanol–water partition coefficient (Wildman–Crippen LogP) is 4.05. The maximum Gasteiger partial charge on any atom is 0.319 e. The number of halogens is 2. The van der Waals surface area contributed by atoms with Crippen LogP contribution >= 0.6 is 23.5 Å². The Hall–Kier alpha value is -2.46. The zero-order chi connectivity index (χ0) is 19.5. The van der Waals surface area contributed by atoms with Crippen molar-refractivity contribution in [1.29, 1.82) is 0 Å². The largest absolute Gasteiger partial charge is 0.465 e. The normalized spacial score (nSPS) is 16.5. The second-order valence-electron chi connectivity index (χ2n) is 5.82. The lowest BCUT2D eigenvalue weighted by atomic mass is 10.2. The van der Waals surface area contributed by atoms with E-state index < -0.39 is 5.76 Å². The molecule has 0 bridgehead atoms. The van der Waals surface area contributed by atoms with E-state index in [2.05, 4.69) is 15.2 Å². The van der Waals surface area contributed by atoms with Gasteiger partial charge in [-0.05, 0) is 36.4 Å². The number of benzene rings is 1. The van der Waals surface area contributed by atoms with Gasteiger partial charge >= 0.3 is 5.97 Å². The molecule has 0 amide bonds. The van der Waals surface area contributed by atoms with Crippen LogP contribution in [0.3, 0.4) is 0 Å². The van der Waals surface area contributed by atoms with Gasteiger partial charge in [-0.3, -0.25) is 14.3 Å². The second kappa shape index (κ2) is 8.27. The number of carbonyl (C=O) groups excluding carboxylic acids is 1. The monoisotopic (exact) mass is 420 g/mol. The van der Waals surface area contributed by atoms with Crippen LogP contribution in [0.2, 0.25) is 0 Å². The van der Waals surface area contributed by atoms with E-state index in [0.717, 1.165) is 5.56 Å². The number of cyclic esters (lactones) is 1. The van der Waals surface area contributed by atoms with E-state index in [0.29, 0.717) is 46.4 Å². The third-order valence-corrected chi connectivity index (χ3v) is 5.92. The van der Waals surface area contributed by atoms with Gasteiger partial charge < -0.3 is 4.74 Å². The summed E-state index contributed by atoms with van der Waals surface area (Å²) in [6.07, 6.45) is 3.92. The number of carbonyl (C=O) groups is 1. The van der Waals surface area contributed by atoms with Crippen molar-refractivity contribution in [3.8, 4) is 17.1 Å². The smallest absolute Gasteiger partial charge is 0.319 e. The third kappa shape index (κ3) is 4.02. The third-order valence-electron chi connectivity index (χ3n) is 4.01. The highest BCUT2D eigenvalue weighted by Crippen LogP contribution is 2.34. The molecule has 0 spiro atoms. The molecular formula is C18H14F2N4O2S2. The molecule has 1 atom stereocenters. The highest BCUT2D eigenvalue weighted by atomic mass is 32.2. The summed E-state index contributed by atoms with van der Waals surface area (Å²) in [5, 5.41) is 8.70. The zero-order valence-corrected chi connectivity index (χ0v) is 16.0. The summed E-state index contributed by atoms with van der Waals surface area (Å²) in [5.41, 5.74) is 1.46. The maximum atomic E-state index is 12.6. The fourth-order valence-corrected chi connectivity index (χ4v) is 4.27. The van der Waals surface area contributed by atoms with E-state index >= 15 is 0 Å². The van der Waals surface area contributed by atoms with Crippen LogP contribution in [0.4, 0.5) is 8.78 Å². The predicted molar refractivity (Wildman–Crippen MR) is 102 cm³/mol. The summed E-state index contributed by atoms with van der Waals surface area (Å²) in [6.45, 7) is 0.389. The molecule has 0 aliphatic carbocycles. The molecule has 0 radical (unpaired) electrons. The van der Waals surface area contributed by atoms with E-state index in [9.17, 15) is 13.6 Å². The summed E-state index contributed by atoms with van der Waals surface area (Å²) < 4.78 is 32.0. The van der Waals surface area contributed by atoms with E-state index in [-0.39, 0.29) is 11.2 Å². The van der Waals surface area contributed by atoms with E-state index in [1.54, 1.807) is 47.3 Å². The Bertz CT molecular complexity index is 967. The number of ether oxygens (including phenoxy) is 1. The fourth-order valence-electron chi connectivity index (χ4n) is 2.75. The van der Waals surface area contributed by atoms with E-state index in [1.165, 1.54) is 11.8 Å². The second-order valence-corrected chi connectivity index (χ2v) is 8.05. The number of aromatic nitrogens is 4. The van der Waals surface area contributed by atoms with Crippen molar-refractivity contribution in [2.75, 3.05) is 6.61 Å². The van der Waals surface area contributed by atoms with Crippen LogP contribution in [0.1, 0.15) is 6.42 Å². The van der Waals surface area contributed by atoms with Gasteiger partial charge in [-0.25, -0.2) is 0 Å². The minimum Gasteiger partial charge on any atom is -0.465 e. The molecule has 1 fully saturated rings. The van der Waals surface area contributed by atoms with Crippen LogP contribution in [0.15, 0.2) is 58.8 Å². The first-order valence-electron chi connectivity index (χ1n) is 8.36. The molecule has 1 aliphatic heterocycles. The summed E-state index contributed by atoms with van der Waals surface area (Å²) in [5.74, 6) is -2.20. The first-order chi connectivity index (χ1) is 13.6. The Labute approximate surface area is 167 Å². The number of pyridine rings is 1. The summed E-state index contributed by atoms with van der Waals surface area (Å²) >= 11 is 1.77. The molecule has 1 aliphatic rings. The molecule has 3 heterocycles. The van der Waals surface area contributed by atoms with E-state index in [4.69, 9.17) is 4.74 Å². The molecule has 4 rings (SSSR count). The van der Waals surface area contributed by atoms with Gasteiger partial charge in [0.25, 0.3) is 5.76 Å². The number of hydrogen-bond donors (Lipinski definition) is 0. The lowest BCUT2D eigenvalue weighted by Gasteiger charge is -2.12. The Morgan fingerprint density at radius 3 is 2.64 bits per heavy atom. The highest BCUT2D eigenvalue weighted by molar-refractivity contribution is 8.00. The minimum absolute atomic E-state index is 0.272. The lowest BCUT2D eigenvalue weighted by molar-refractivity contribution is -0.137. The molecule has 0 N–H and O–H groups in total. The van der Waals surface area contributed by atoms with Crippen molar-refractivity contribution in [3.63, 3.8) is 0 Å². The van der Waals surface area contributed by atoms with Crippen molar-refractivity contribution in [2.45, 2.75) is 27.5 Å². The number of rotatable bonds is 6. The molecule has 3 aromatic rings. The molecule has 1 saturated heterocycles. The van der Waals surface area contributed by atoms with Gasteiger partial charge in [0.2, 0.25) is 0 Å². The highest BCUT2D eigenvalue weighted by Gasteiger charge is 2.30. The SMILES string of the molecule is O=C1OCC[C@@H]1Sc1nnc(-c2cccnc2)n1-c1ccc(SC(F)F)cc1. The van der Waals surface area contributed by atoms with Crippen LogP contribution in [-0.2, 0) is 9.53 Å². The minimum atomic E-state index is -2.48. The molecule has 0 saturated carbocycles. The Morgan fingerprint density at radius 1 is 1.18 bits per heavy atom. The molecule has 10 heteroatoms. The average Bonchev–Trinajstić information content (AvgIpc) is 3.29. The van der Waals surface area contributed by atoms with Gasteiger partial charge in [-0.15, -0.1) is 10.2 Å². The van der Waals surface area contributed by atoms with Crippen LogP contribution < -0.4 is 0 Å². The van der Waals surface area contributed by atoms with Crippen molar-refractivity contribution < 1.29 is 18.3 Å². The Balaban J connectivity index is 1.74. The first kappa shape index (κ1) is 18.9. The van der Waals surface area contributed by atoms with E-state index in [1.807, 2.05) is 6.07 Å². The van der Waals surface area contributed by atoms with Crippen molar-refractivity contribution in [3.05, 3.63) is 48.8 Å². The van der Waals surface area contributed by atoms with Crippen molar-refractivity contribution >= 4 is 29.5 Å². The molecular weight excluding hydrogens is 406 g/mol. The van der Waals surface area contributed by atoms with Crippen LogP contribution in [0.25, 0.3) is 17.1 Å². The quantitative estimate of drug-likeness (QED) is 0.440. The summed E-state index contributed by atoms with van der Waals surface area (Å²) in [7, 11) is 0. The molecule has 0 unspecified atom stereocenters. The first-order valence-corrected chi connectivity index (χ1v) is 10.1. The molecule has 28 heavy (non-hydrogen) atoms. The van der Waals surface area contributed by atoms with Crippen molar-refractivity contribution in [1.82, 2.24) is 19.7 Å². The van der Waals surface area contributed by atoms with Gasteiger partial charge in [-0.2, -0.15) is 8.78 Å². The maximum absolute atomic E-state index is 12.6. The van der Waals surface area contributed by atoms with Crippen LogP contribution in [0, 0.1) is 0 Å². The number of nitrogens with zero attached hydrogens (tertiary/aromatic N) is 4. The molecule has 2 aromatic heterocycles. The van der Waals surface area contributed by atoms with Gasteiger partial charge in [0.05, 0.1) is 6.61 Å². The molecule has 6 nitrogen and oxygen atoms in total. The van der Waals surface area contributed by atoms with Gasteiger partial charge in [-0.1, -0.05) is 23.5 Å². The van der Waals surface area contributed by atoms with Gasteiger partial charge in [0.1, 0.15) is 5.25 Å². The van der Waals surface area contributed by atoms with Crippen molar-refractivity contribution in [2.24, 2.45) is 0 Å². The number of esters is 1. The summed E-state index contributed by atoms with van der Waals surface area (Å²) in [6, 6.07) is 10.3. The number of thioether (sulfide) groups is 2. The van der Waals surface area contributed by atoms with Gasteiger partial charge in [0, 0.05) is 35.0 Å². The Kier molecular flexibility index (Phi) is 5.58. The average molecular weight is 420 g/mol. The van der Waals surface area contributed by atoms with Crippen LogP contribution in [-0.4, -0.2) is 43.3 Å². The van der Waals surface area contributed by atoms with Gasteiger partial charge in [0.15, 0.2) is 11.0 Å². The lowest BCUT2D eigenvalue weighted by Crippen LogP contribution is -2.11. The summed E-state index contributed by atoms with van der Waals surface area (Å²) in [4.78, 5) is 16.4. The number of hydrogen-bond acceptors (Lipinski definition) is 7. The van der Waals surface area contributed by atoms with Crippen LogP contribution in [0.5, 0.6) is 0 Å². The number of alkyl halides is 2. The topological polar surface area (TPSA) is 69.9 Å². The molecule has 144 valence electrons. The standard InChI is InChI=1S/C18H14F2N4O2S2/c19-17(20)27-13-5-3-12(4-6-13)24-15(11-2-1-8-21-10-11)22-23-18(24)28-14-7-9-26-16(14)25/h1-6,8,10,14,17H,7,9H2/t14-/m0/s1. The Morgan fingerprint density at radius 2 is 2.00 bits per heavy atom. The zero-order valence-electron chi connectivity index (χ0n) is 14.4. The fraction of sp³-hybridized carbons (Fsp3) is 0.222. The molecule has 1 aromatic carbocycles.